The summed E-state index contributed by atoms with van der Waals surface area (Å²) in [4.78, 5) is 40.7. The summed E-state index contributed by atoms with van der Waals surface area (Å²) in [6.45, 7) is 1.98. The number of rotatable bonds is 9. The lowest BCUT2D eigenvalue weighted by Gasteiger charge is -2.09. The summed E-state index contributed by atoms with van der Waals surface area (Å²) >= 11 is 0. The second-order valence-electron chi connectivity index (χ2n) is 12.5. The van der Waals surface area contributed by atoms with Gasteiger partial charge in [-0.3, -0.25) is 4.79 Å². The van der Waals surface area contributed by atoms with Crippen molar-refractivity contribution in [1.82, 2.24) is 25.3 Å². The van der Waals surface area contributed by atoms with Crippen molar-refractivity contribution in [3.63, 3.8) is 0 Å². The zero-order valence-electron chi connectivity index (χ0n) is 31.4. The van der Waals surface area contributed by atoms with Crippen LogP contribution in [0.15, 0.2) is 109 Å². The van der Waals surface area contributed by atoms with Crippen LogP contribution in [0.3, 0.4) is 0 Å². The Kier molecular flexibility index (Phi) is 12.5. The van der Waals surface area contributed by atoms with E-state index in [0.29, 0.717) is 37.6 Å². The van der Waals surface area contributed by atoms with E-state index in [1.807, 2.05) is 103 Å². The maximum Gasteiger partial charge on any atom is 0.356 e. The molecule has 4 aromatic carbocycles. The van der Waals surface area contributed by atoms with E-state index in [1.54, 1.807) is 20.3 Å². The molecule has 0 bridgehead atoms. The molecule has 9 N–H and O–H groups in total. The van der Waals surface area contributed by atoms with Crippen molar-refractivity contribution in [2.24, 2.45) is 17.2 Å². The fourth-order valence-electron chi connectivity index (χ4n) is 6.21. The number of hydrogen-bond acceptors (Lipinski definition) is 10. The quantitative estimate of drug-likeness (QED) is 0.0925. The third kappa shape index (κ3) is 8.30. The van der Waals surface area contributed by atoms with Gasteiger partial charge in [0.05, 0.1) is 43.8 Å². The Hall–Kier alpha value is -6.80. The Bertz CT molecular complexity index is 2600. The molecule has 0 aliphatic heterocycles. The van der Waals surface area contributed by atoms with E-state index in [0.717, 1.165) is 71.9 Å². The smallest absolute Gasteiger partial charge is 0.356 e. The monoisotopic (exact) mass is 752 g/mol. The summed E-state index contributed by atoms with van der Waals surface area (Å²) in [5.41, 5.74) is 23.0. The molecule has 0 atom stereocenters. The maximum absolute atomic E-state index is 12.5. The van der Waals surface area contributed by atoms with Gasteiger partial charge >= 0.3 is 5.97 Å². The largest absolute Gasteiger partial charge is 0.497 e. The number of pyridine rings is 2. The van der Waals surface area contributed by atoms with Gasteiger partial charge in [0.1, 0.15) is 22.9 Å². The number of aromatic amines is 2. The summed E-state index contributed by atoms with van der Waals surface area (Å²) in [5, 5.41) is 6.79. The molecule has 13 nitrogen and oxygen atoms in total. The number of ether oxygens (including phenoxy) is 3. The molecule has 0 aliphatic rings. The molecule has 0 aliphatic carbocycles. The highest BCUT2D eigenvalue weighted by molar-refractivity contribution is 6.14. The van der Waals surface area contributed by atoms with E-state index < -0.39 is 5.97 Å². The summed E-state index contributed by atoms with van der Waals surface area (Å²) in [7, 11) is 4.61. The SMILES string of the molecule is COC(=O)c1cc2c([nH]c3ccccc32)c(-c2ccc(OC)cc2)n1.COc1ccc(-c2nc(C(=O)NCCN)cc3c2[nH]c2ccccc23)cc1.NCCN. The molecular weight excluding hydrogens is 709 g/mol. The predicted molar refractivity (Wildman–Crippen MR) is 222 cm³/mol. The van der Waals surface area contributed by atoms with E-state index in [2.05, 4.69) is 25.3 Å². The van der Waals surface area contributed by atoms with Gasteiger partial charge in [0, 0.05) is 69.9 Å². The van der Waals surface area contributed by atoms with E-state index in [9.17, 15) is 9.59 Å². The Morgan fingerprint density at radius 1 is 0.589 bits per heavy atom. The highest BCUT2D eigenvalue weighted by Gasteiger charge is 2.19. The van der Waals surface area contributed by atoms with Crippen LogP contribution in [0.2, 0.25) is 0 Å². The number of carbonyl (C=O) groups excluding carboxylic acids is 2. The second-order valence-corrected chi connectivity index (χ2v) is 12.5. The first-order valence-electron chi connectivity index (χ1n) is 17.9. The molecule has 8 aromatic rings. The first kappa shape index (κ1) is 38.9. The number of nitrogens with two attached hydrogens (primary N) is 3. The number of nitrogens with zero attached hydrogens (tertiary/aromatic N) is 2. The lowest BCUT2D eigenvalue weighted by Crippen LogP contribution is -2.29. The van der Waals surface area contributed by atoms with Crippen molar-refractivity contribution < 1.29 is 23.8 Å². The first-order chi connectivity index (χ1) is 27.3. The average molecular weight is 753 g/mol. The highest BCUT2D eigenvalue weighted by atomic mass is 16.5. The van der Waals surface area contributed by atoms with Crippen LogP contribution in [0, 0.1) is 0 Å². The highest BCUT2D eigenvalue weighted by Crippen LogP contribution is 2.35. The van der Waals surface area contributed by atoms with Gasteiger partial charge in [-0.15, -0.1) is 0 Å². The minimum atomic E-state index is -0.457. The third-order valence-electron chi connectivity index (χ3n) is 8.94. The number of aromatic nitrogens is 4. The second kappa shape index (κ2) is 18.0. The molecule has 8 rings (SSSR count). The van der Waals surface area contributed by atoms with E-state index in [-0.39, 0.29) is 11.6 Å². The van der Waals surface area contributed by atoms with Crippen molar-refractivity contribution >= 4 is 55.5 Å². The lowest BCUT2D eigenvalue weighted by atomic mass is 10.1. The molecule has 0 radical (unpaired) electrons. The molecule has 0 saturated carbocycles. The minimum absolute atomic E-state index is 0.234. The molecule has 0 unspecified atom stereocenters. The molecule has 4 aromatic heterocycles. The van der Waals surface area contributed by atoms with Crippen LogP contribution in [0.4, 0.5) is 0 Å². The summed E-state index contributed by atoms with van der Waals surface area (Å²) < 4.78 is 15.3. The summed E-state index contributed by atoms with van der Waals surface area (Å²) in [5.74, 6) is 0.841. The Morgan fingerprint density at radius 3 is 1.46 bits per heavy atom. The van der Waals surface area contributed by atoms with Crippen LogP contribution >= 0.6 is 0 Å². The number of hydrogen-bond donors (Lipinski definition) is 6. The number of amides is 1. The molecule has 13 heteroatoms. The van der Waals surface area contributed by atoms with Crippen molar-refractivity contribution in [1.29, 1.82) is 0 Å². The topological polar surface area (TPSA) is 209 Å². The number of esters is 1. The molecular formula is C43H44N8O5. The van der Waals surface area contributed by atoms with Gasteiger partial charge in [-0.1, -0.05) is 36.4 Å². The maximum atomic E-state index is 12.5. The molecule has 286 valence electrons. The first-order valence-corrected chi connectivity index (χ1v) is 17.9. The number of benzene rings is 4. The fraction of sp³-hybridized carbons (Fsp3) is 0.163. The Morgan fingerprint density at radius 2 is 1.04 bits per heavy atom. The summed E-state index contributed by atoms with van der Waals surface area (Å²) in [6.07, 6.45) is 0. The number of methoxy groups -OCH3 is 3. The normalized spacial score (nSPS) is 10.8. The van der Waals surface area contributed by atoms with Crippen molar-refractivity contribution in [2.75, 3.05) is 47.5 Å². The van der Waals surface area contributed by atoms with Gasteiger partial charge in [-0.2, -0.15) is 0 Å². The van der Waals surface area contributed by atoms with Gasteiger partial charge in [-0.05, 0) is 72.8 Å². The Balaban J connectivity index is 0.000000174. The van der Waals surface area contributed by atoms with Crippen LogP contribution in [-0.4, -0.2) is 79.3 Å². The van der Waals surface area contributed by atoms with Gasteiger partial charge in [-0.25, -0.2) is 14.8 Å². The van der Waals surface area contributed by atoms with Crippen LogP contribution in [0.1, 0.15) is 21.0 Å². The molecule has 0 fully saturated rings. The number of H-pyrrole nitrogens is 2. The van der Waals surface area contributed by atoms with E-state index in [1.165, 1.54) is 7.11 Å². The zero-order chi connectivity index (χ0) is 39.6. The number of carbonyl (C=O) groups is 2. The fourth-order valence-corrected chi connectivity index (χ4v) is 6.21. The van der Waals surface area contributed by atoms with Gasteiger partial charge in [0.15, 0.2) is 0 Å². The molecule has 4 heterocycles. The molecule has 56 heavy (non-hydrogen) atoms. The van der Waals surface area contributed by atoms with Crippen molar-refractivity contribution in [3.05, 3.63) is 121 Å². The van der Waals surface area contributed by atoms with Crippen LogP contribution < -0.4 is 32.0 Å². The van der Waals surface area contributed by atoms with Crippen molar-refractivity contribution in [2.45, 2.75) is 0 Å². The van der Waals surface area contributed by atoms with Crippen LogP contribution in [0.25, 0.3) is 66.1 Å². The molecule has 0 saturated heterocycles. The van der Waals surface area contributed by atoms with Crippen LogP contribution in [-0.2, 0) is 4.74 Å². The van der Waals surface area contributed by atoms with Crippen molar-refractivity contribution in [3.8, 4) is 34.0 Å². The number of nitrogens with one attached hydrogen (secondary N) is 3. The average Bonchev–Trinajstić information content (AvgIpc) is 3.83. The van der Waals surface area contributed by atoms with Crippen LogP contribution in [0.5, 0.6) is 11.5 Å². The standard InChI is InChI=1S/C21H20N4O2.C20H16N2O3.C2H8N2/c1-27-14-8-6-13(7-9-14)19-20-16(15-4-2-3-5-17(15)24-20)12-18(25-19)21(26)23-11-10-22;1-24-13-9-7-12(8-10-13)18-19-15(11-17(22-18)20(23)25-2)14-5-3-4-6-16(14)21-19;3-1-2-4/h2-9,12,24H,10-11,22H2,1H3,(H,23,26);3-11,21H,1-2H3;1-4H2. The lowest BCUT2D eigenvalue weighted by molar-refractivity contribution is 0.0594. The number of para-hydroxylation sites is 2. The molecule has 1 amide bonds. The van der Waals surface area contributed by atoms with Gasteiger partial charge in [0.2, 0.25) is 0 Å². The van der Waals surface area contributed by atoms with E-state index in [4.69, 9.17) is 31.4 Å². The predicted octanol–water partition coefficient (Wildman–Crippen LogP) is 6.16. The summed E-state index contributed by atoms with van der Waals surface area (Å²) in [6, 6.07) is 34.8. The third-order valence-corrected chi connectivity index (χ3v) is 8.94. The number of fused-ring (bicyclic) bond motifs is 6. The van der Waals surface area contributed by atoms with Gasteiger partial charge in [0.25, 0.3) is 5.91 Å². The van der Waals surface area contributed by atoms with E-state index >= 15 is 0 Å². The zero-order valence-corrected chi connectivity index (χ0v) is 31.4. The molecule has 0 spiro atoms. The minimum Gasteiger partial charge on any atom is -0.497 e. The Labute approximate surface area is 323 Å². The van der Waals surface area contributed by atoms with Gasteiger partial charge < -0.3 is 46.7 Å².